The molecular weight excluding hydrogens is 186 g/mol. The van der Waals surface area contributed by atoms with Crippen LogP contribution in [0.1, 0.15) is 5.69 Å². The molecule has 0 bridgehead atoms. The third-order valence-electron chi connectivity index (χ3n) is 1.73. The van der Waals surface area contributed by atoms with Crippen LogP contribution in [0, 0.1) is 6.92 Å². The molecule has 14 heavy (non-hydrogen) atoms. The number of aryl methyl sites for hydroxylation is 1. The Labute approximate surface area is 77.6 Å². The lowest BCUT2D eigenvalue weighted by Crippen LogP contribution is -2.05. The molecule has 0 aliphatic rings. The van der Waals surface area contributed by atoms with Crippen LogP contribution in [0.3, 0.4) is 0 Å². The third kappa shape index (κ3) is 1.37. The first-order chi connectivity index (χ1) is 6.66. The largest absolute Gasteiger partial charge is 0.434 e. The average Bonchev–Trinajstić information content (AvgIpc) is 2.51. The van der Waals surface area contributed by atoms with E-state index < -0.39 is 5.76 Å². The lowest BCUT2D eigenvalue weighted by atomic mass is 10.2. The van der Waals surface area contributed by atoms with E-state index in [4.69, 9.17) is 0 Å². The molecule has 0 aliphatic heterocycles. The molecule has 6 nitrogen and oxygen atoms in total. The van der Waals surface area contributed by atoms with Gasteiger partial charge in [0.1, 0.15) is 5.56 Å². The van der Waals surface area contributed by atoms with Gasteiger partial charge in [-0.3, -0.25) is 4.79 Å². The van der Waals surface area contributed by atoms with E-state index in [2.05, 4.69) is 19.6 Å². The fraction of sp³-hybridized carbons (Fsp3) is 0.125. The molecule has 72 valence electrons. The van der Waals surface area contributed by atoms with Crippen molar-refractivity contribution in [2.75, 3.05) is 0 Å². The van der Waals surface area contributed by atoms with Gasteiger partial charge in [-0.25, -0.2) is 9.89 Å². The monoisotopic (exact) mass is 193 g/mol. The van der Waals surface area contributed by atoms with Gasteiger partial charge in [-0.15, -0.1) is 5.10 Å². The van der Waals surface area contributed by atoms with Gasteiger partial charge in [-0.1, -0.05) is 0 Å². The Morgan fingerprint density at radius 2 is 2.21 bits per heavy atom. The zero-order valence-corrected chi connectivity index (χ0v) is 7.33. The molecule has 6 heteroatoms. The molecule has 0 spiro atoms. The maximum atomic E-state index is 11.4. The number of nitrogens with one attached hydrogen (secondary N) is 2. The van der Waals surface area contributed by atoms with Crippen molar-refractivity contribution in [1.29, 1.82) is 0 Å². The normalized spacial score (nSPS) is 10.4. The van der Waals surface area contributed by atoms with E-state index in [1.54, 1.807) is 6.92 Å². The molecule has 2 aromatic heterocycles. The van der Waals surface area contributed by atoms with Crippen LogP contribution < -0.4 is 11.2 Å². The Bertz CT molecular complexity index is 563. The maximum Gasteiger partial charge on any atom is 0.434 e. The van der Waals surface area contributed by atoms with Crippen LogP contribution in [0.4, 0.5) is 0 Å². The number of aromatic nitrogens is 3. The number of hydrogen-bond donors (Lipinski definition) is 2. The van der Waals surface area contributed by atoms with Gasteiger partial charge in [-0.2, -0.15) is 0 Å². The molecule has 0 amide bonds. The summed E-state index contributed by atoms with van der Waals surface area (Å²) < 4.78 is 4.65. The minimum Gasteiger partial charge on any atom is -0.388 e. The highest BCUT2D eigenvalue weighted by Crippen LogP contribution is 2.07. The second-order valence-electron chi connectivity index (χ2n) is 2.81. The first-order valence-corrected chi connectivity index (χ1v) is 3.92. The van der Waals surface area contributed by atoms with Crippen LogP contribution in [-0.4, -0.2) is 15.2 Å². The highest BCUT2D eigenvalue weighted by molar-refractivity contribution is 5.50. The zero-order chi connectivity index (χ0) is 10.1. The van der Waals surface area contributed by atoms with E-state index in [0.29, 0.717) is 0 Å². The van der Waals surface area contributed by atoms with Crippen LogP contribution in [-0.2, 0) is 0 Å². The van der Waals surface area contributed by atoms with Gasteiger partial charge in [0.25, 0.3) is 5.89 Å². The van der Waals surface area contributed by atoms with Crippen molar-refractivity contribution >= 4 is 0 Å². The van der Waals surface area contributed by atoms with Crippen molar-refractivity contribution in [2.45, 2.75) is 6.92 Å². The number of H-pyrrole nitrogens is 2. The highest BCUT2D eigenvalue weighted by Gasteiger charge is 2.08. The van der Waals surface area contributed by atoms with Gasteiger partial charge in [0, 0.05) is 18.0 Å². The molecule has 0 saturated carbocycles. The Hall–Kier alpha value is -2.11. The Morgan fingerprint density at radius 1 is 1.43 bits per heavy atom. The number of nitrogens with zero attached hydrogens (tertiary/aromatic N) is 1. The molecular formula is C8H7N3O3. The molecule has 2 N–H and O–H groups in total. The summed E-state index contributed by atoms with van der Waals surface area (Å²) in [6.45, 7) is 1.76. The van der Waals surface area contributed by atoms with Gasteiger partial charge in [0.15, 0.2) is 5.43 Å². The summed E-state index contributed by atoms with van der Waals surface area (Å²) in [5.41, 5.74) is 0.724. The second-order valence-corrected chi connectivity index (χ2v) is 2.81. The van der Waals surface area contributed by atoms with Gasteiger partial charge >= 0.3 is 5.76 Å². The minimum atomic E-state index is -0.681. The standard InChI is InChI=1S/C8H7N3O3/c1-4-2-6(12)5(3-9-4)7-10-11-8(13)14-7/h2-3H,1H3,(H,9,12)(H,11,13). The topological polar surface area (TPSA) is 91.8 Å². The Balaban J connectivity index is 2.63. The smallest absolute Gasteiger partial charge is 0.388 e. The Kier molecular flexibility index (Phi) is 1.81. The van der Waals surface area contributed by atoms with Crippen molar-refractivity contribution < 1.29 is 4.42 Å². The van der Waals surface area contributed by atoms with E-state index in [1.165, 1.54) is 12.3 Å². The lowest BCUT2D eigenvalue weighted by molar-refractivity contribution is 0.526. The maximum absolute atomic E-state index is 11.4. The molecule has 2 aromatic rings. The highest BCUT2D eigenvalue weighted by atomic mass is 16.4. The molecule has 0 unspecified atom stereocenters. The second kappa shape index (κ2) is 2.99. The van der Waals surface area contributed by atoms with Crippen LogP contribution in [0.25, 0.3) is 11.5 Å². The van der Waals surface area contributed by atoms with Crippen LogP contribution in [0.5, 0.6) is 0 Å². The molecule has 0 fully saturated rings. The molecule has 0 radical (unpaired) electrons. The summed E-state index contributed by atoms with van der Waals surface area (Å²) in [6, 6.07) is 1.41. The van der Waals surface area contributed by atoms with Crippen LogP contribution in [0.2, 0.25) is 0 Å². The van der Waals surface area contributed by atoms with Crippen molar-refractivity contribution in [1.82, 2.24) is 15.2 Å². The van der Waals surface area contributed by atoms with E-state index in [9.17, 15) is 9.59 Å². The van der Waals surface area contributed by atoms with Gasteiger partial charge in [-0.05, 0) is 6.92 Å². The summed E-state index contributed by atoms with van der Waals surface area (Å²) in [5, 5.41) is 5.64. The summed E-state index contributed by atoms with van der Waals surface area (Å²) >= 11 is 0. The number of hydrogen-bond acceptors (Lipinski definition) is 4. The first-order valence-electron chi connectivity index (χ1n) is 3.92. The van der Waals surface area contributed by atoms with E-state index in [1.807, 2.05) is 0 Å². The molecule has 0 atom stereocenters. The number of aromatic amines is 2. The average molecular weight is 193 g/mol. The minimum absolute atomic E-state index is 0.00347. The van der Waals surface area contributed by atoms with Gasteiger partial charge in [0.2, 0.25) is 0 Å². The SMILES string of the molecule is Cc1cc(=O)c(-c2n[nH]c(=O)o2)c[nH]1. The van der Waals surface area contributed by atoms with Crippen molar-refractivity contribution in [2.24, 2.45) is 0 Å². The number of pyridine rings is 1. The first kappa shape index (κ1) is 8.49. The summed E-state index contributed by atoms with van der Waals surface area (Å²) in [4.78, 5) is 24.9. The van der Waals surface area contributed by atoms with Crippen LogP contribution >= 0.6 is 0 Å². The van der Waals surface area contributed by atoms with Crippen molar-refractivity contribution in [3.8, 4) is 11.5 Å². The molecule has 2 rings (SSSR count). The molecule has 0 aliphatic carbocycles. The fourth-order valence-corrected chi connectivity index (χ4v) is 1.09. The molecule has 0 saturated heterocycles. The molecule has 0 aromatic carbocycles. The summed E-state index contributed by atoms with van der Waals surface area (Å²) in [5.74, 6) is -0.684. The van der Waals surface area contributed by atoms with Crippen molar-refractivity contribution in [3.05, 3.63) is 38.7 Å². The van der Waals surface area contributed by atoms with E-state index in [0.717, 1.165) is 5.69 Å². The summed E-state index contributed by atoms with van der Waals surface area (Å²) in [7, 11) is 0. The van der Waals surface area contributed by atoms with Crippen molar-refractivity contribution in [3.63, 3.8) is 0 Å². The zero-order valence-electron chi connectivity index (χ0n) is 7.33. The van der Waals surface area contributed by atoms with E-state index >= 15 is 0 Å². The van der Waals surface area contributed by atoms with Gasteiger partial charge in [0.05, 0.1) is 0 Å². The number of rotatable bonds is 1. The predicted octanol–water partition coefficient (Wildman–Crippen LogP) is 0.0266. The van der Waals surface area contributed by atoms with E-state index in [-0.39, 0.29) is 16.9 Å². The quantitative estimate of drug-likeness (QED) is 0.668. The summed E-state index contributed by atoms with van der Waals surface area (Å²) in [6.07, 6.45) is 1.46. The Morgan fingerprint density at radius 3 is 2.79 bits per heavy atom. The third-order valence-corrected chi connectivity index (χ3v) is 1.73. The van der Waals surface area contributed by atoms with Crippen LogP contribution in [0.15, 0.2) is 26.3 Å². The fourth-order valence-electron chi connectivity index (χ4n) is 1.09. The molecule has 2 heterocycles. The van der Waals surface area contributed by atoms with Gasteiger partial charge < -0.3 is 9.40 Å². The lowest BCUT2D eigenvalue weighted by Gasteiger charge is -1.94. The predicted molar refractivity (Wildman–Crippen MR) is 47.9 cm³/mol.